The van der Waals surface area contributed by atoms with Gasteiger partial charge in [-0.15, -0.1) is 0 Å². The number of hydrogen-bond donors (Lipinski definition) is 2. The molecule has 1 aromatic heterocycles. The van der Waals surface area contributed by atoms with Crippen molar-refractivity contribution in [3.63, 3.8) is 0 Å². The number of methoxy groups -OCH3 is 2. The summed E-state index contributed by atoms with van der Waals surface area (Å²) in [6.45, 7) is 5.92. The summed E-state index contributed by atoms with van der Waals surface area (Å²) in [5.74, 6) is 3.61. The maximum atomic E-state index is 5.70. The number of ether oxygens (including phenoxy) is 3. The molecule has 1 aromatic carbocycles. The Labute approximate surface area is 184 Å². The second-order valence-electron chi connectivity index (χ2n) is 7.34. The van der Waals surface area contributed by atoms with E-state index in [-0.39, 0.29) is 6.04 Å². The maximum absolute atomic E-state index is 5.70. The first-order valence-corrected chi connectivity index (χ1v) is 10.8. The number of rotatable bonds is 10. The van der Waals surface area contributed by atoms with Crippen LogP contribution < -0.4 is 24.8 Å². The van der Waals surface area contributed by atoms with Crippen LogP contribution in [0.15, 0.2) is 39.9 Å². The van der Waals surface area contributed by atoms with Crippen molar-refractivity contribution in [2.45, 2.75) is 32.4 Å². The van der Waals surface area contributed by atoms with E-state index in [0.717, 1.165) is 30.4 Å². The number of guanidine groups is 1. The molecule has 8 nitrogen and oxygen atoms in total. The van der Waals surface area contributed by atoms with Gasteiger partial charge in [0.05, 0.1) is 33.1 Å². The minimum Gasteiger partial charge on any atom is -0.493 e. The van der Waals surface area contributed by atoms with Crippen molar-refractivity contribution in [3.8, 4) is 17.2 Å². The Balaban J connectivity index is 1.63. The summed E-state index contributed by atoms with van der Waals surface area (Å²) in [5, 5.41) is 6.81. The van der Waals surface area contributed by atoms with E-state index in [4.69, 9.17) is 18.6 Å². The molecule has 0 radical (unpaired) electrons. The molecule has 170 valence electrons. The second-order valence-corrected chi connectivity index (χ2v) is 7.34. The highest BCUT2D eigenvalue weighted by molar-refractivity contribution is 5.79. The minimum absolute atomic E-state index is 0.182. The van der Waals surface area contributed by atoms with E-state index in [9.17, 15) is 0 Å². The van der Waals surface area contributed by atoms with E-state index < -0.39 is 0 Å². The lowest BCUT2D eigenvalue weighted by Gasteiger charge is -2.26. The maximum Gasteiger partial charge on any atom is 0.203 e. The van der Waals surface area contributed by atoms with E-state index in [1.165, 1.54) is 12.8 Å². The smallest absolute Gasteiger partial charge is 0.203 e. The van der Waals surface area contributed by atoms with Crippen LogP contribution in [0.2, 0.25) is 0 Å². The summed E-state index contributed by atoms with van der Waals surface area (Å²) in [6.07, 6.45) is 4.19. The number of nitrogens with zero attached hydrogens (tertiary/aromatic N) is 2. The molecular formula is C23H34N4O4. The highest BCUT2D eigenvalue weighted by Gasteiger charge is 2.25. The number of likely N-dealkylation sites (tertiary alicyclic amines) is 1. The molecule has 2 N–H and O–H groups in total. The average molecular weight is 431 g/mol. The molecule has 8 heteroatoms. The van der Waals surface area contributed by atoms with Gasteiger partial charge < -0.3 is 29.3 Å². The van der Waals surface area contributed by atoms with Gasteiger partial charge in [0.2, 0.25) is 5.75 Å². The molecule has 0 saturated carbocycles. The van der Waals surface area contributed by atoms with Crippen molar-refractivity contribution in [1.82, 2.24) is 15.5 Å². The zero-order chi connectivity index (χ0) is 22.1. The standard InChI is InChI=1S/C23H34N4O4/c1-5-30-22-20(28-3)13-17(14-21(22)29-4)15-25-23(24-2)26-16-18(19-9-8-12-31-19)27-10-6-7-11-27/h8-9,12-14,18H,5-7,10-11,15-16H2,1-4H3,(H2,24,25,26). The average Bonchev–Trinajstić information content (AvgIpc) is 3.51. The van der Waals surface area contributed by atoms with Crippen LogP contribution >= 0.6 is 0 Å². The second kappa shape index (κ2) is 11.5. The number of nitrogens with one attached hydrogen (secondary N) is 2. The van der Waals surface area contributed by atoms with Crippen molar-refractivity contribution < 1.29 is 18.6 Å². The van der Waals surface area contributed by atoms with Crippen LogP contribution in [0.1, 0.15) is 37.1 Å². The van der Waals surface area contributed by atoms with Gasteiger partial charge in [-0.25, -0.2) is 0 Å². The fourth-order valence-electron chi connectivity index (χ4n) is 3.87. The number of furan rings is 1. The Morgan fingerprint density at radius 1 is 1.16 bits per heavy atom. The summed E-state index contributed by atoms with van der Waals surface area (Å²) in [7, 11) is 5.02. The summed E-state index contributed by atoms with van der Waals surface area (Å²) in [6, 6.07) is 8.06. The van der Waals surface area contributed by atoms with Crippen molar-refractivity contribution >= 4 is 5.96 Å². The highest BCUT2D eigenvalue weighted by atomic mass is 16.5. The fourth-order valence-corrected chi connectivity index (χ4v) is 3.87. The third-order valence-electron chi connectivity index (χ3n) is 5.41. The molecule has 2 heterocycles. The molecule has 0 amide bonds. The van der Waals surface area contributed by atoms with E-state index in [0.29, 0.717) is 36.9 Å². The van der Waals surface area contributed by atoms with Crippen LogP contribution in [0.25, 0.3) is 0 Å². The van der Waals surface area contributed by atoms with Crippen LogP contribution in [0.3, 0.4) is 0 Å². The van der Waals surface area contributed by atoms with Crippen molar-refractivity contribution in [1.29, 1.82) is 0 Å². The normalized spacial score (nSPS) is 15.5. The van der Waals surface area contributed by atoms with Crippen molar-refractivity contribution in [2.75, 3.05) is 47.5 Å². The molecule has 1 unspecified atom stereocenters. The van der Waals surface area contributed by atoms with Crippen LogP contribution in [-0.4, -0.2) is 58.4 Å². The van der Waals surface area contributed by atoms with Gasteiger partial charge in [0.1, 0.15) is 5.76 Å². The first kappa shape index (κ1) is 22.8. The Hall–Kier alpha value is -2.87. The number of hydrogen-bond acceptors (Lipinski definition) is 6. The molecule has 1 saturated heterocycles. The molecule has 0 aliphatic carbocycles. The molecule has 31 heavy (non-hydrogen) atoms. The zero-order valence-electron chi connectivity index (χ0n) is 18.9. The third kappa shape index (κ3) is 5.85. The van der Waals surface area contributed by atoms with Gasteiger partial charge in [0.25, 0.3) is 0 Å². The first-order valence-electron chi connectivity index (χ1n) is 10.8. The van der Waals surface area contributed by atoms with Gasteiger partial charge in [-0.3, -0.25) is 9.89 Å². The molecule has 1 atom stereocenters. The fraction of sp³-hybridized carbons (Fsp3) is 0.522. The lowest BCUT2D eigenvalue weighted by atomic mass is 10.1. The van der Waals surface area contributed by atoms with Crippen LogP contribution in [-0.2, 0) is 6.54 Å². The van der Waals surface area contributed by atoms with Crippen LogP contribution in [0, 0.1) is 0 Å². The summed E-state index contributed by atoms with van der Waals surface area (Å²) in [5.41, 5.74) is 1.00. The molecule has 2 aromatic rings. The molecule has 1 aliphatic heterocycles. The van der Waals surface area contributed by atoms with E-state index in [1.807, 2.05) is 31.2 Å². The summed E-state index contributed by atoms with van der Waals surface area (Å²) >= 11 is 0. The molecule has 1 fully saturated rings. The Bertz CT molecular complexity index is 807. The molecule has 3 rings (SSSR count). The lowest BCUT2D eigenvalue weighted by molar-refractivity contribution is 0.215. The molecular weight excluding hydrogens is 396 g/mol. The zero-order valence-corrected chi connectivity index (χ0v) is 18.9. The Morgan fingerprint density at radius 2 is 1.87 bits per heavy atom. The van der Waals surface area contributed by atoms with E-state index in [2.05, 4.69) is 20.5 Å². The van der Waals surface area contributed by atoms with Gasteiger partial charge >= 0.3 is 0 Å². The lowest BCUT2D eigenvalue weighted by Crippen LogP contribution is -2.42. The van der Waals surface area contributed by atoms with Crippen molar-refractivity contribution in [3.05, 3.63) is 41.9 Å². The predicted molar refractivity (Wildman–Crippen MR) is 121 cm³/mol. The van der Waals surface area contributed by atoms with Crippen molar-refractivity contribution in [2.24, 2.45) is 4.99 Å². The van der Waals surface area contributed by atoms with Gasteiger partial charge in [-0.1, -0.05) is 0 Å². The Morgan fingerprint density at radius 3 is 2.42 bits per heavy atom. The number of benzene rings is 1. The first-order chi connectivity index (χ1) is 15.2. The number of aliphatic imine (C=N–C) groups is 1. The summed E-state index contributed by atoms with van der Waals surface area (Å²) in [4.78, 5) is 6.83. The van der Waals surface area contributed by atoms with E-state index >= 15 is 0 Å². The molecule has 0 spiro atoms. The summed E-state index contributed by atoms with van der Waals surface area (Å²) < 4.78 is 22.4. The van der Waals surface area contributed by atoms with E-state index in [1.54, 1.807) is 27.5 Å². The van der Waals surface area contributed by atoms with Gasteiger partial charge in [0, 0.05) is 20.1 Å². The SMILES string of the molecule is CCOc1c(OC)cc(CNC(=NC)NCC(c2ccco2)N2CCCC2)cc1OC. The molecule has 0 bridgehead atoms. The van der Waals surface area contributed by atoms with Crippen LogP contribution in [0.5, 0.6) is 17.2 Å². The highest BCUT2D eigenvalue weighted by Crippen LogP contribution is 2.38. The Kier molecular flexibility index (Phi) is 8.46. The van der Waals surface area contributed by atoms with Gasteiger partial charge in [-0.05, 0) is 62.7 Å². The molecule has 1 aliphatic rings. The minimum atomic E-state index is 0.182. The quantitative estimate of drug-likeness (QED) is 0.443. The van der Waals surface area contributed by atoms with Crippen LogP contribution in [0.4, 0.5) is 0 Å². The third-order valence-corrected chi connectivity index (χ3v) is 5.41. The predicted octanol–water partition coefficient (Wildman–Crippen LogP) is 3.20. The monoisotopic (exact) mass is 430 g/mol. The topological polar surface area (TPSA) is 80.5 Å². The van der Waals surface area contributed by atoms with Gasteiger partial charge in [0.15, 0.2) is 17.5 Å². The largest absolute Gasteiger partial charge is 0.493 e. The van der Waals surface area contributed by atoms with Gasteiger partial charge in [-0.2, -0.15) is 0 Å².